The van der Waals surface area contributed by atoms with Crippen LogP contribution in [0.2, 0.25) is 0 Å². The molecular weight excluding hydrogens is 362 g/mol. The van der Waals surface area contributed by atoms with Crippen LogP contribution in [0.25, 0.3) is 6.08 Å². The average Bonchev–Trinajstić information content (AvgIpc) is 3.21. The number of ether oxygens (including phenoxy) is 3. The molecule has 0 aliphatic carbocycles. The van der Waals surface area contributed by atoms with Crippen LogP contribution >= 0.6 is 11.8 Å². The molecule has 1 atom stereocenters. The first-order valence-electron chi connectivity index (χ1n) is 8.63. The molecule has 27 heavy (non-hydrogen) atoms. The molecule has 6 heteroatoms. The predicted molar refractivity (Wildman–Crippen MR) is 108 cm³/mol. The molecule has 0 bridgehead atoms. The van der Waals surface area contributed by atoms with E-state index in [0.717, 1.165) is 16.9 Å². The van der Waals surface area contributed by atoms with Crippen molar-refractivity contribution in [3.8, 4) is 17.2 Å². The van der Waals surface area contributed by atoms with Crippen molar-refractivity contribution in [3.05, 3.63) is 59.7 Å². The Bertz CT molecular complexity index is 822. The molecule has 1 heterocycles. The molecule has 2 aromatic rings. The van der Waals surface area contributed by atoms with Crippen molar-refractivity contribution in [2.45, 2.75) is 5.37 Å². The van der Waals surface area contributed by atoms with Crippen LogP contribution in [0.1, 0.15) is 16.5 Å². The number of benzene rings is 2. The Morgan fingerprint density at radius 3 is 2.37 bits per heavy atom. The van der Waals surface area contributed by atoms with Gasteiger partial charge in [-0.1, -0.05) is 30.3 Å². The van der Waals surface area contributed by atoms with Crippen molar-refractivity contribution in [1.29, 1.82) is 0 Å². The van der Waals surface area contributed by atoms with Gasteiger partial charge in [-0.15, -0.1) is 11.8 Å². The van der Waals surface area contributed by atoms with E-state index in [0.29, 0.717) is 23.8 Å². The molecule has 5 nitrogen and oxygen atoms in total. The van der Waals surface area contributed by atoms with Gasteiger partial charge in [0.25, 0.3) is 0 Å². The molecule has 1 unspecified atom stereocenters. The van der Waals surface area contributed by atoms with Gasteiger partial charge in [0.05, 0.1) is 21.3 Å². The van der Waals surface area contributed by atoms with Crippen LogP contribution in [-0.2, 0) is 4.79 Å². The molecule has 0 N–H and O–H groups in total. The predicted octanol–water partition coefficient (Wildman–Crippen LogP) is 4.00. The Balaban J connectivity index is 1.87. The maximum Gasteiger partial charge on any atom is 0.247 e. The molecule has 1 saturated heterocycles. The molecular formula is C21H23NO4S. The Labute approximate surface area is 163 Å². The number of methoxy groups -OCH3 is 3. The Hall–Kier alpha value is -2.60. The quantitative estimate of drug-likeness (QED) is 0.704. The third-order valence-electron chi connectivity index (χ3n) is 4.39. The molecule has 1 amide bonds. The van der Waals surface area contributed by atoms with Crippen LogP contribution in [0.3, 0.4) is 0 Å². The Morgan fingerprint density at radius 1 is 1.04 bits per heavy atom. The highest BCUT2D eigenvalue weighted by Crippen LogP contribution is 2.46. The van der Waals surface area contributed by atoms with E-state index in [1.54, 1.807) is 45.2 Å². The normalized spacial score (nSPS) is 16.6. The van der Waals surface area contributed by atoms with Crippen molar-refractivity contribution in [3.63, 3.8) is 0 Å². The zero-order valence-corrected chi connectivity index (χ0v) is 16.5. The van der Waals surface area contributed by atoms with Crippen LogP contribution in [0.4, 0.5) is 0 Å². The van der Waals surface area contributed by atoms with Gasteiger partial charge in [-0.05, 0) is 17.7 Å². The molecule has 0 aromatic heterocycles. The molecule has 0 radical (unpaired) electrons. The Morgan fingerprint density at radius 2 is 1.70 bits per heavy atom. The molecule has 142 valence electrons. The summed E-state index contributed by atoms with van der Waals surface area (Å²) < 4.78 is 16.3. The maximum absolute atomic E-state index is 12.8. The number of thioether (sulfide) groups is 1. The van der Waals surface area contributed by atoms with Gasteiger partial charge in [-0.3, -0.25) is 4.79 Å². The standard InChI is InChI=1S/C21H23NO4S/c1-24-17-14-19(26-3)18(25-2)13-16(17)21-22(11-12-27-21)20(23)10-9-15-7-5-4-6-8-15/h4-10,13-14,21H,11-12H2,1-3H3/b10-9+. The van der Waals surface area contributed by atoms with E-state index in [1.807, 2.05) is 47.4 Å². The fraction of sp³-hybridized carbons (Fsp3) is 0.286. The van der Waals surface area contributed by atoms with E-state index < -0.39 is 0 Å². The second-order valence-corrected chi connectivity index (χ2v) is 7.14. The highest BCUT2D eigenvalue weighted by molar-refractivity contribution is 7.99. The Kier molecular flexibility index (Phi) is 6.29. The summed E-state index contributed by atoms with van der Waals surface area (Å²) in [5.41, 5.74) is 1.90. The first-order valence-corrected chi connectivity index (χ1v) is 9.68. The topological polar surface area (TPSA) is 48.0 Å². The number of carbonyl (C=O) groups is 1. The summed E-state index contributed by atoms with van der Waals surface area (Å²) in [5, 5.41) is -0.132. The minimum Gasteiger partial charge on any atom is -0.496 e. The number of nitrogens with zero attached hydrogens (tertiary/aromatic N) is 1. The van der Waals surface area contributed by atoms with Gasteiger partial charge in [0.1, 0.15) is 11.1 Å². The number of hydrogen-bond acceptors (Lipinski definition) is 5. The molecule has 1 fully saturated rings. The summed E-state index contributed by atoms with van der Waals surface area (Å²) in [5.74, 6) is 2.74. The minimum atomic E-state index is -0.132. The molecule has 2 aromatic carbocycles. The van der Waals surface area contributed by atoms with Gasteiger partial charge in [-0.25, -0.2) is 0 Å². The lowest BCUT2D eigenvalue weighted by Crippen LogP contribution is -2.29. The highest BCUT2D eigenvalue weighted by atomic mass is 32.2. The summed E-state index contributed by atoms with van der Waals surface area (Å²) in [7, 11) is 4.80. The second-order valence-electron chi connectivity index (χ2n) is 5.95. The fourth-order valence-electron chi connectivity index (χ4n) is 3.03. The maximum atomic E-state index is 12.8. The third kappa shape index (κ3) is 4.22. The van der Waals surface area contributed by atoms with E-state index >= 15 is 0 Å². The molecule has 0 saturated carbocycles. The first kappa shape index (κ1) is 19.2. The summed E-state index contributed by atoms with van der Waals surface area (Å²) >= 11 is 1.71. The SMILES string of the molecule is COc1cc(OC)c(C2SCCN2C(=O)/C=C/c2ccccc2)cc1OC. The van der Waals surface area contributed by atoms with Crippen molar-refractivity contribution in [2.75, 3.05) is 33.6 Å². The summed E-state index contributed by atoms with van der Waals surface area (Å²) in [6.07, 6.45) is 3.47. The molecule has 0 spiro atoms. The number of rotatable bonds is 6. The van der Waals surface area contributed by atoms with Crippen molar-refractivity contribution >= 4 is 23.7 Å². The minimum absolute atomic E-state index is 0.0225. The summed E-state index contributed by atoms with van der Waals surface area (Å²) in [6, 6.07) is 13.5. The molecule has 1 aliphatic rings. The van der Waals surface area contributed by atoms with Crippen LogP contribution < -0.4 is 14.2 Å². The zero-order valence-electron chi connectivity index (χ0n) is 15.7. The van der Waals surface area contributed by atoms with Gasteiger partial charge < -0.3 is 19.1 Å². The molecule has 1 aliphatic heterocycles. The summed E-state index contributed by atoms with van der Waals surface area (Å²) in [4.78, 5) is 14.7. The average molecular weight is 385 g/mol. The van der Waals surface area contributed by atoms with Crippen LogP contribution in [0.5, 0.6) is 17.2 Å². The highest BCUT2D eigenvalue weighted by Gasteiger charge is 2.32. The lowest BCUT2D eigenvalue weighted by molar-refractivity contribution is -0.126. The smallest absolute Gasteiger partial charge is 0.247 e. The van der Waals surface area contributed by atoms with Crippen molar-refractivity contribution in [1.82, 2.24) is 4.90 Å². The van der Waals surface area contributed by atoms with Gasteiger partial charge >= 0.3 is 0 Å². The third-order valence-corrected chi connectivity index (χ3v) is 5.64. The van der Waals surface area contributed by atoms with E-state index in [1.165, 1.54) is 0 Å². The number of hydrogen-bond donors (Lipinski definition) is 0. The number of amides is 1. The number of carbonyl (C=O) groups excluding carboxylic acids is 1. The van der Waals surface area contributed by atoms with E-state index in [9.17, 15) is 4.79 Å². The van der Waals surface area contributed by atoms with E-state index in [-0.39, 0.29) is 11.3 Å². The van der Waals surface area contributed by atoms with E-state index in [4.69, 9.17) is 14.2 Å². The second kappa shape index (κ2) is 8.86. The van der Waals surface area contributed by atoms with Crippen LogP contribution in [-0.4, -0.2) is 44.4 Å². The fourth-order valence-corrected chi connectivity index (χ4v) is 4.30. The van der Waals surface area contributed by atoms with Gasteiger partial charge in [0, 0.05) is 30.0 Å². The lowest BCUT2D eigenvalue weighted by atomic mass is 10.1. The summed E-state index contributed by atoms with van der Waals surface area (Å²) in [6.45, 7) is 0.685. The van der Waals surface area contributed by atoms with Crippen LogP contribution in [0.15, 0.2) is 48.5 Å². The zero-order chi connectivity index (χ0) is 19.2. The van der Waals surface area contributed by atoms with Gasteiger partial charge in [0.2, 0.25) is 5.91 Å². The first-order chi connectivity index (χ1) is 13.2. The largest absolute Gasteiger partial charge is 0.496 e. The monoisotopic (exact) mass is 385 g/mol. The van der Waals surface area contributed by atoms with Crippen molar-refractivity contribution < 1.29 is 19.0 Å². The molecule has 3 rings (SSSR count). The van der Waals surface area contributed by atoms with Crippen LogP contribution in [0, 0.1) is 0 Å². The van der Waals surface area contributed by atoms with Gasteiger partial charge in [0.15, 0.2) is 11.5 Å². The lowest BCUT2D eigenvalue weighted by Gasteiger charge is -2.25. The van der Waals surface area contributed by atoms with Crippen molar-refractivity contribution in [2.24, 2.45) is 0 Å². The van der Waals surface area contributed by atoms with E-state index in [2.05, 4.69) is 0 Å². The van der Waals surface area contributed by atoms with Gasteiger partial charge in [-0.2, -0.15) is 0 Å².